The van der Waals surface area contributed by atoms with E-state index in [1.807, 2.05) is 0 Å². The molecule has 2 heterocycles. The topological polar surface area (TPSA) is 158 Å². The lowest BCUT2D eigenvalue weighted by atomic mass is 9.88. The number of nitrogens with zero attached hydrogens (tertiary/aromatic N) is 2. The monoisotopic (exact) mass is 661 g/mol. The van der Waals surface area contributed by atoms with E-state index >= 15 is 0 Å². The van der Waals surface area contributed by atoms with Gasteiger partial charge in [0.15, 0.2) is 0 Å². The SMILES string of the molecule is CCCCCCCOC(=O)C(C)(C)COS(=O)(=O)ON1C(=O)[C@H](C)[C@H](C(=O)NC2CCN(C(=O)OC(C)(C)C)CC2)CC[C@@H]1C. The van der Waals surface area contributed by atoms with Crippen molar-refractivity contribution >= 4 is 34.3 Å². The molecule has 2 aliphatic heterocycles. The summed E-state index contributed by atoms with van der Waals surface area (Å²) < 4.78 is 46.4. The first kappa shape index (κ1) is 38.7. The van der Waals surface area contributed by atoms with Crippen LogP contribution in [0.5, 0.6) is 0 Å². The normalized spacial score (nSPS) is 22.1. The number of ether oxygens (including phenoxy) is 2. The molecule has 0 spiro atoms. The maximum atomic E-state index is 13.4. The highest BCUT2D eigenvalue weighted by molar-refractivity contribution is 7.81. The van der Waals surface area contributed by atoms with Crippen molar-refractivity contribution in [2.45, 2.75) is 131 Å². The van der Waals surface area contributed by atoms with E-state index in [4.69, 9.17) is 17.9 Å². The number of hydrogen-bond acceptors (Lipinski definition) is 10. The van der Waals surface area contributed by atoms with Gasteiger partial charge in [0.1, 0.15) is 5.60 Å². The van der Waals surface area contributed by atoms with Gasteiger partial charge in [-0.1, -0.05) is 39.5 Å². The van der Waals surface area contributed by atoms with Gasteiger partial charge >= 0.3 is 22.5 Å². The first-order valence-electron chi connectivity index (χ1n) is 16.2. The van der Waals surface area contributed by atoms with Crippen LogP contribution in [-0.4, -0.2) is 86.2 Å². The van der Waals surface area contributed by atoms with Crippen LogP contribution in [0.3, 0.4) is 0 Å². The van der Waals surface area contributed by atoms with Gasteiger partial charge in [-0.25, -0.2) is 8.98 Å². The summed E-state index contributed by atoms with van der Waals surface area (Å²) in [6.07, 6.45) is 6.32. The highest BCUT2D eigenvalue weighted by Crippen LogP contribution is 2.30. The Kier molecular flexibility index (Phi) is 14.6. The summed E-state index contributed by atoms with van der Waals surface area (Å²) in [5, 5.41) is 3.77. The highest BCUT2D eigenvalue weighted by Gasteiger charge is 2.42. The second kappa shape index (κ2) is 16.9. The largest absolute Gasteiger partial charge is 0.465 e. The van der Waals surface area contributed by atoms with E-state index in [1.54, 1.807) is 39.5 Å². The first-order valence-corrected chi connectivity index (χ1v) is 17.6. The van der Waals surface area contributed by atoms with E-state index < -0.39 is 57.8 Å². The molecule has 14 heteroatoms. The van der Waals surface area contributed by atoms with Gasteiger partial charge in [-0.15, -0.1) is 4.28 Å². The zero-order valence-electron chi connectivity index (χ0n) is 28.4. The summed E-state index contributed by atoms with van der Waals surface area (Å²) in [5.41, 5.74) is -1.87. The van der Waals surface area contributed by atoms with Crippen molar-refractivity contribution in [2.75, 3.05) is 26.3 Å². The van der Waals surface area contributed by atoms with Crippen molar-refractivity contribution in [3.8, 4) is 0 Å². The predicted octanol–water partition coefficient (Wildman–Crippen LogP) is 4.50. The maximum absolute atomic E-state index is 13.4. The van der Waals surface area contributed by atoms with Crippen LogP contribution in [0.2, 0.25) is 0 Å². The predicted molar refractivity (Wildman–Crippen MR) is 167 cm³/mol. The number of rotatable bonds is 14. The van der Waals surface area contributed by atoms with Crippen LogP contribution < -0.4 is 5.32 Å². The molecule has 2 saturated heterocycles. The molecule has 13 nitrogen and oxygen atoms in total. The number of nitrogens with one attached hydrogen (secondary N) is 1. The molecule has 0 radical (unpaired) electrons. The minimum atomic E-state index is -4.72. The molecule has 0 aromatic rings. The molecule has 0 bridgehead atoms. The van der Waals surface area contributed by atoms with Gasteiger partial charge in [0.2, 0.25) is 5.91 Å². The number of hydroxylamine groups is 2. The van der Waals surface area contributed by atoms with Crippen LogP contribution in [-0.2, 0) is 42.7 Å². The molecule has 3 amide bonds. The summed E-state index contributed by atoms with van der Waals surface area (Å²) in [6.45, 7) is 14.3. The number of hydrogen-bond donors (Lipinski definition) is 1. The third-order valence-electron chi connectivity index (χ3n) is 8.11. The molecule has 0 aliphatic carbocycles. The summed E-state index contributed by atoms with van der Waals surface area (Å²) in [6, 6.07) is -0.824. The molecule has 0 aromatic heterocycles. The standard InChI is InChI=1S/C31H55N3O10S/c1-9-10-11-12-13-20-41-28(37)31(7,8)21-42-45(39,40)44-34-22(2)14-15-25(23(3)27(34)36)26(35)32-24-16-18-33(19-17-24)29(38)43-30(4,5)6/h22-25H,9-21H2,1-8H3,(H,32,35)/t22-,23+,25+/m0/s1. The van der Waals surface area contributed by atoms with Crippen LogP contribution >= 0.6 is 0 Å². The number of amides is 3. The molecular weight excluding hydrogens is 606 g/mol. The Balaban J connectivity index is 1.90. The van der Waals surface area contributed by atoms with Gasteiger partial charge in [-0.3, -0.25) is 14.4 Å². The number of esters is 1. The zero-order valence-corrected chi connectivity index (χ0v) is 29.2. The van der Waals surface area contributed by atoms with Crippen LogP contribution in [0.4, 0.5) is 4.79 Å². The van der Waals surface area contributed by atoms with E-state index in [-0.39, 0.29) is 24.6 Å². The van der Waals surface area contributed by atoms with Crippen molar-refractivity contribution in [1.29, 1.82) is 0 Å². The zero-order chi connectivity index (χ0) is 34.0. The molecule has 1 N–H and O–H groups in total. The lowest BCUT2D eigenvalue weighted by Crippen LogP contribution is -2.50. The van der Waals surface area contributed by atoms with Crippen molar-refractivity contribution < 1.29 is 45.5 Å². The fourth-order valence-electron chi connectivity index (χ4n) is 5.15. The maximum Gasteiger partial charge on any atom is 0.421 e. The van der Waals surface area contributed by atoms with E-state index in [0.717, 1.165) is 37.2 Å². The van der Waals surface area contributed by atoms with Crippen LogP contribution in [0.1, 0.15) is 113 Å². The Morgan fingerprint density at radius 2 is 1.56 bits per heavy atom. The van der Waals surface area contributed by atoms with Crippen LogP contribution in [0.15, 0.2) is 0 Å². The van der Waals surface area contributed by atoms with E-state index in [0.29, 0.717) is 38.8 Å². The Bertz CT molecular complexity index is 1110. The second-order valence-electron chi connectivity index (χ2n) is 13.9. The average Bonchev–Trinajstić information content (AvgIpc) is 3.05. The third-order valence-corrected chi connectivity index (χ3v) is 8.85. The molecule has 0 aromatic carbocycles. The fourth-order valence-corrected chi connectivity index (χ4v) is 6.05. The Hall–Kier alpha value is -2.45. The number of unbranched alkanes of at least 4 members (excludes halogenated alkanes) is 4. The quantitative estimate of drug-likeness (QED) is 0.208. The van der Waals surface area contributed by atoms with Gasteiger partial charge in [-0.05, 0) is 73.6 Å². The highest BCUT2D eigenvalue weighted by atomic mass is 32.3. The number of carbonyl (C=O) groups excluding carboxylic acids is 4. The number of piperidine rings is 1. The summed E-state index contributed by atoms with van der Waals surface area (Å²) in [4.78, 5) is 53.1. The fraction of sp³-hybridized carbons (Fsp3) is 0.871. The molecule has 2 aliphatic rings. The first-order chi connectivity index (χ1) is 20.9. The van der Waals surface area contributed by atoms with Crippen molar-refractivity contribution in [2.24, 2.45) is 17.3 Å². The minimum absolute atomic E-state index is 0.170. The molecule has 0 saturated carbocycles. The summed E-state index contributed by atoms with van der Waals surface area (Å²) in [7, 11) is -4.72. The smallest absolute Gasteiger partial charge is 0.421 e. The number of carbonyl (C=O) groups is 4. The molecule has 3 atom stereocenters. The summed E-state index contributed by atoms with van der Waals surface area (Å²) >= 11 is 0. The molecule has 2 fully saturated rings. The third kappa shape index (κ3) is 12.7. The van der Waals surface area contributed by atoms with Gasteiger partial charge < -0.3 is 19.7 Å². The molecule has 2 rings (SSSR count). The van der Waals surface area contributed by atoms with Crippen molar-refractivity contribution in [1.82, 2.24) is 15.3 Å². The van der Waals surface area contributed by atoms with E-state index in [1.165, 1.54) is 13.8 Å². The van der Waals surface area contributed by atoms with Gasteiger partial charge in [0, 0.05) is 31.0 Å². The Morgan fingerprint density at radius 1 is 0.933 bits per heavy atom. The van der Waals surface area contributed by atoms with Crippen molar-refractivity contribution in [3.63, 3.8) is 0 Å². The minimum Gasteiger partial charge on any atom is -0.465 e. The average molecular weight is 662 g/mol. The Labute approximate surface area is 269 Å². The molecule has 260 valence electrons. The van der Waals surface area contributed by atoms with Crippen LogP contribution in [0.25, 0.3) is 0 Å². The van der Waals surface area contributed by atoms with Crippen LogP contribution in [0, 0.1) is 17.3 Å². The van der Waals surface area contributed by atoms with Gasteiger partial charge in [0.05, 0.1) is 24.7 Å². The van der Waals surface area contributed by atoms with Crippen molar-refractivity contribution in [3.05, 3.63) is 0 Å². The van der Waals surface area contributed by atoms with E-state index in [9.17, 15) is 27.6 Å². The second-order valence-corrected chi connectivity index (χ2v) is 15.1. The number of likely N-dealkylation sites (tertiary alicyclic amines) is 1. The Morgan fingerprint density at radius 3 is 2.16 bits per heavy atom. The molecular formula is C31H55N3O10S. The molecule has 45 heavy (non-hydrogen) atoms. The molecule has 0 unspecified atom stereocenters. The van der Waals surface area contributed by atoms with Gasteiger partial charge in [-0.2, -0.15) is 13.5 Å². The van der Waals surface area contributed by atoms with Gasteiger partial charge in [0.25, 0.3) is 5.91 Å². The summed E-state index contributed by atoms with van der Waals surface area (Å²) in [5.74, 6) is -3.11. The lowest BCUT2D eigenvalue weighted by molar-refractivity contribution is -0.170. The lowest BCUT2D eigenvalue weighted by Gasteiger charge is -2.34. The van der Waals surface area contributed by atoms with E-state index in [2.05, 4.69) is 12.2 Å².